The second-order valence-electron chi connectivity index (χ2n) is 3.16. The van der Waals surface area contributed by atoms with Crippen LogP contribution in [-0.4, -0.2) is 21.4 Å². The van der Waals surface area contributed by atoms with Gasteiger partial charge in [0.05, 0.1) is 0 Å². The van der Waals surface area contributed by atoms with E-state index in [0.717, 1.165) is 12.2 Å². The highest BCUT2D eigenvalue weighted by atomic mass is 35.5. The van der Waals surface area contributed by atoms with Crippen molar-refractivity contribution in [1.82, 2.24) is 9.97 Å². The fraction of sp³-hybridized carbons (Fsp3) is 0.556. The standard InChI is InChI=1S/C9H14ClN3/c1-7(10)5-8(2)13-9-3-4-11-6-12-9/h3-4,6-8H,5H2,1-2H3,(H,11,12,13). The molecule has 1 aromatic heterocycles. The third kappa shape index (κ3) is 4.08. The van der Waals surface area contributed by atoms with Gasteiger partial charge in [-0.1, -0.05) is 0 Å². The molecule has 4 heteroatoms. The highest BCUT2D eigenvalue weighted by Crippen LogP contribution is 2.09. The van der Waals surface area contributed by atoms with E-state index in [2.05, 4.69) is 22.2 Å². The number of rotatable bonds is 4. The third-order valence-corrected chi connectivity index (χ3v) is 1.83. The van der Waals surface area contributed by atoms with E-state index in [1.165, 1.54) is 6.33 Å². The molecule has 1 heterocycles. The van der Waals surface area contributed by atoms with Gasteiger partial charge in [-0.05, 0) is 26.3 Å². The van der Waals surface area contributed by atoms with Gasteiger partial charge in [0.25, 0.3) is 0 Å². The SMILES string of the molecule is CC(Cl)CC(C)Nc1ccncn1. The van der Waals surface area contributed by atoms with E-state index in [1.54, 1.807) is 6.20 Å². The lowest BCUT2D eigenvalue weighted by Gasteiger charge is -2.14. The first kappa shape index (κ1) is 10.3. The van der Waals surface area contributed by atoms with Gasteiger partial charge in [0.2, 0.25) is 0 Å². The second-order valence-corrected chi connectivity index (χ2v) is 3.90. The van der Waals surface area contributed by atoms with E-state index in [1.807, 2.05) is 13.0 Å². The van der Waals surface area contributed by atoms with E-state index >= 15 is 0 Å². The Morgan fingerprint density at radius 3 is 2.85 bits per heavy atom. The minimum absolute atomic E-state index is 0.185. The molecule has 0 amide bonds. The zero-order chi connectivity index (χ0) is 9.68. The van der Waals surface area contributed by atoms with Crippen molar-refractivity contribution in [3.63, 3.8) is 0 Å². The highest BCUT2D eigenvalue weighted by Gasteiger charge is 2.05. The number of anilines is 1. The molecule has 0 aliphatic heterocycles. The van der Waals surface area contributed by atoms with Crippen LogP contribution < -0.4 is 5.32 Å². The van der Waals surface area contributed by atoms with Gasteiger partial charge < -0.3 is 5.32 Å². The van der Waals surface area contributed by atoms with Crippen molar-refractivity contribution < 1.29 is 0 Å². The van der Waals surface area contributed by atoms with Crippen molar-refractivity contribution in [2.45, 2.75) is 31.7 Å². The molecule has 72 valence electrons. The largest absolute Gasteiger partial charge is 0.367 e. The van der Waals surface area contributed by atoms with Crippen LogP contribution in [0.15, 0.2) is 18.6 Å². The maximum Gasteiger partial charge on any atom is 0.129 e. The van der Waals surface area contributed by atoms with E-state index in [-0.39, 0.29) is 5.38 Å². The zero-order valence-corrected chi connectivity index (χ0v) is 8.62. The smallest absolute Gasteiger partial charge is 0.129 e. The van der Waals surface area contributed by atoms with Crippen LogP contribution in [-0.2, 0) is 0 Å². The minimum Gasteiger partial charge on any atom is -0.367 e. The van der Waals surface area contributed by atoms with E-state index in [9.17, 15) is 0 Å². The van der Waals surface area contributed by atoms with E-state index in [0.29, 0.717) is 6.04 Å². The van der Waals surface area contributed by atoms with E-state index in [4.69, 9.17) is 11.6 Å². The molecule has 13 heavy (non-hydrogen) atoms. The van der Waals surface area contributed by atoms with Crippen LogP contribution in [0, 0.1) is 0 Å². The number of nitrogens with one attached hydrogen (secondary N) is 1. The minimum atomic E-state index is 0.185. The molecule has 3 nitrogen and oxygen atoms in total. The van der Waals surface area contributed by atoms with E-state index < -0.39 is 0 Å². The Morgan fingerprint density at radius 2 is 2.31 bits per heavy atom. The van der Waals surface area contributed by atoms with Crippen molar-refractivity contribution >= 4 is 17.4 Å². The van der Waals surface area contributed by atoms with Crippen molar-refractivity contribution in [3.05, 3.63) is 18.6 Å². The van der Waals surface area contributed by atoms with Gasteiger partial charge in [-0.2, -0.15) is 0 Å². The summed E-state index contributed by atoms with van der Waals surface area (Å²) in [5.74, 6) is 0.847. The van der Waals surface area contributed by atoms with Gasteiger partial charge >= 0.3 is 0 Å². The Labute approximate surface area is 83.5 Å². The number of aromatic nitrogens is 2. The molecule has 2 unspecified atom stereocenters. The molecular weight excluding hydrogens is 186 g/mol. The lowest BCUT2D eigenvalue weighted by atomic mass is 10.2. The Morgan fingerprint density at radius 1 is 1.54 bits per heavy atom. The molecular formula is C9H14ClN3. The number of hydrogen-bond acceptors (Lipinski definition) is 3. The Balaban J connectivity index is 2.41. The number of nitrogens with zero attached hydrogens (tertiary/aromatic N) is 2. The van der Waals surface area contributed by atoms with Gasteiger partial charge in [-0.15, -0.1) is 11.6 Å². The van der Waals surface area contributed by atoms with Gasteiger partial charge in [-0.3, -0.25) is 0 Å². The maximum atomic E-state index is 5.87. The molecule has 0 aromatic carbocycles. The van der Waals surface area contributed by atoms with Crippen LogP contribution >= 0.6 is 11.6 Å². The second kappa shape index (κ2) is 5.02. The summed E-state index contributed by atoms with van der Waals surface area (Å²) in [6.45, 7) is 4.07. The summed E-state index contributed by atoms with van der Waals surface area (Å²) in [4.78, 5) is 7.90. The first-order chi connectivity index (χ1) is 6.18. The normalized spacial score (nSPS) is 15.0. The number of alkyl halides is 1. The molecule has 0 bridgehead atoms. The maximum absolute atomic E-state index is 5.87. The molecule has 1 rings (SSSR count). The van der Waals surface area contributed by atoms with Crippen molar-refractivity contribution in [2.24, 2.45) is 0 Å². The number of halogens is 1. The topological polar surface area (TPSA) is 37.8 Å². The first-order valence-corrected chi connectivity index (χ1v) is 4.78. The molecule has 1 aromatic rings. The van der Waals surface area contributed by atoms with Crippen LogP contribution in [0.1, 0.15) is 20.3 Å². The Kier molecular flexibility index (Phi) is 3.96. The molecule has 0 radical (unpaired) electrons. The Bertz CT molecular complexity index is 238. The summed E-state index contributed by atoms with van der Waals surface area (Å²) in [5, 5.41) is 3.42. The lowest BCUT2D eigenvalue weighted by Crippen LogP contribution is -2.19. The van der Waals surface area contributed by atoms with Gasteiger partial charge in [0.15, 0.2) is 0 Å². The highest BCUT2D eigenvalue weighted by molar-refractivity contribution is 6.20. The van der Waals surface area contributed by atoms with Crippen LogP contribution in [0.2, 0.25) is 0 Å². The third-order valence-electron chi connectivity index (χ3n) is 1.65. The molecule has 1 N–H and O–H groups in total. The molecule has 0 saturated heterocycles. The summed E-state index contributed by atoms with van der Waals surface area (Å²) in [5.41, 5.74) is 0. The summed E-state index contributed by atoms with van der Waals surface area (Å²) >= 11 is 5.87. The summed E-state index contributed by atoms with van der Waals surface area (Å²) < 4.78 is 0. The number of hydrogen-bond donors (Lipinski definition) is 1. The van der Waals surface area contributed by atoms with Gasteiger partial charge in [0, 0.05) is 17.6 Å². The van der Waals surface area contributed by atoms with Crippen molar-refractivity contribution in [1.29, 1.82) is 0 Å². The molecule has 0 saturated carbocycles. The molecule has 0 aliphatic rings. The average molecular weight is 200 g/mol. The van der Waals surface area contributed by atoms with Crippen LogP contribution in [0.25, 0.3) is 0 Å². The van der Waals surface area contributed by atoms with Crippen molar-refractivity contribution in [3.8, 4) is 0 Å². The fourth-order valence-electron chi connectivity index (χ4n) is 1.17. The Hall–Kier alpha value is -0.830. The zero-order valence-electron chi connectivity index (χ0n) is 7.87. The predicted octanol–water partition coefficient (Wildman–Crippen LogP) is 2.29. The van der Waals surface area contributed by atoms with Crippen LogP contribution in [0.3, 0.4) is 0 Å². The van der Waals surface area contributed by atoms with Crippen LogP contribution in [0.5, 0.6) is 0 Å². The molecule has 0 spiro atoms. The predicted molar refractivity (Wildman–Crippen MR) is 55.0 cm³/mol. The molecule has 0 aliphatic carbocycles. The molecule has 2 atom stereocenters. The monoisotopic (exact) mass is 199 g/mol. The summed E-state index contributed by atoms with van der Waals surface area (Å²) in [6, 6.07) is 2.18. The fourth-order valence-corrected chi connectivity index (χ4v) is 1.44. The first-order valence-electron chi connectivity index (χ1n) is 4.35. The summed E-state index contributed by atoms with van der Waals surface area (Å²) in [6.07, 6.45) is 4.16. The quantitative estimate of drug-likeness (QED) is 0.757. The average Bonchev–Trinajstić information content (AvgIpc) is 2.04. The summed E-state index contributed by atoms with van der Waals surface area (Å²) in [7, 11) is 0. The van der Waals surface area contributed by atoms with Gasteiger partial charge in [-0.25, -0.2) is 9.97 Å². The van der Waals surface area contributed by atoms with Crippen LogP contribution in [0.4, 0.5) is 5.82 Å². The van der Waals surface area contributed by atoms with Gasteiger partial charge in [0.1, 0.15) is 12.1 Å². The lowest BCUT2D eigenvalue weighted by molar-refractivity contribution is 0.693. The van der Waals surface area contributed by atoms with Crippen molar-refractivity contribution in [2.75, 3.05) is 5.32 Å². The molecule has 0 fully saturated rings.